The number of Topliss-reactive ketones (excluding diaryl/α,β-unsaturated/α-hetero) is 1. The molecule has 162 valence electrons. The fourth-order valence-electron chi connectivity index (χ4n) is 4.47. The van der Waals surface area contributed by atoms with Crippen LogP contribution in [0.4, 0.5) is 0 Å². The van der Waals surface area contributed by atoms with Crippen LogP contribution >= 0.6 is 0 Å². The number of carbonyl (C=O) groups excluding carboxylic acids is 1. The van der Waals surface area contributed by atoms with E-state index >= 15 is 0 Å². The Hall–Kier alpha value is -2.86. The van der Waals surface area contributed by atoms with Gasteiger partial charge in [-0.25, -0.2) is 4.98 Å². The zero-order valence-corrected chi connectivity index (χ0v) is 18.1. The van der Waals surface area contributed by atoms with Gasteiger partial charge in [-0.1, -0.05) is 12.1 Å². The third kappa shape index (κ3) is 4.04. The Morgan fingerprint density at radius 3 is 2.87 bits per heavy atom. The lowest BCUT2D eigenvalue weighted by Gasteiger charge is -2.19. The van der Waals surface area contributed by atoms with Crippen molar-refractivity contribution in [1.82, 2.24) is 9.38 Å². The first-order chi connectivity index (χ1) is 15.1. The highest BCUT2D eigenvalue weighted by Crippen LogP contribution is 2.32. The molecule has 0 N–H and O–H groups in total. The van der Waals surface area contributed by atoms with Crippen LogP contribution in [0.25, 0.3) is 5.65 Å². The molecule has 2 aromatic heterocycles. The molecule has 0 spiro atoms. The highest BCUT2D eigenvalue weighted by atomic mass is 16.5. The maximum absolute atomic E-state index is 13.2. The maximum atomic E-state index is 13.2. The van der Waals surface area contributed by atoms with Crippen LogP contribution in [0.5, 0.6) is 11.5 Å². The molecule has 2 aliphatic rings. The quantitative estimate of drug-likeness (QED) is 0.554. The fraction of sp³-hybridized carbons (Fsp3) is 0.440. The lowest BCUT2D eigenvalue weighted by molar-refractivity contribution is 0.0846. The Labute approximate surface area is 182 Å². The number of imidazole rings is 1. The van der Waals surface area contributed by atoms with Crippen molar-refractivity contribution in [2.45, 2.75) is 51.6 Å². The van der Waals surface area contributed by atoms with Gasteiger partial charge >= 0.3 is 0 Å². The zero-order chi connectivity index (χ0) is 21.4. The molecular formula is C25H28N2O4. The molecule has 5 rings (SSSR count). The van der Waals surface area contributed by atoms with E-state index in [1.165, 1.54) is 0 Å². The number of para-hydroxylation sites is 1. The molecule has 0 radical (unpaired) electrons. The average Bonchev–Trinajstić information content (AvgIpc) is 3.40. The molecule has 6 nitrogen and oxygen atoms in total. The van der Waals surface area contributed by atoms with Crippen molar-refractivity contribution in [3.05, 3.63) is 59.0 Å². The molecule has 1 fully saturated rings. The first kappa shape index (κ1) is 20.1. The van der Waals surface area contributed by atoms with Gasteiger partial charge in [-0.2, -0.15) is 0 Å². The van der Waals surface area contributed by atoms with Crippen LogP contribution in [0, 0.1) is 0 Å². The number of benzene rings is 1. The number of hydrogen-bond donors (Lipinski definition) is 0. The van der Waals surface area contributed by atoms with Gasteiger partial charge in [0.05, 0.1) is 24.0 Å². The van der Waals surface area contributed by atoms with Crippen molar-refractivity contribution in [3.8, 4) is 11.5 Å². The minimum Gasteiger partial charge on any atom is -0.492 e. The second kappa shape index (κ2) is 8.35. The summed E-state index contributed by atoms with van der Waals surface area (Å²) >= 11 is 0. The summed E-state index contributed by atoms with van der Waals surface area (Å²) in [6.07, 6.45) is 7.17. The lowest BCUT2D eigenvalue weighted by Crippen LogP contribution is -2.14. The second-order valence-electron chi connectivity index (χ2n) is 8.64. The van der Waals surface area contributed by atoms with E-state index < -0.39 is 0 Å². The Morgan fingerprint density at radius 2 is 2.06 bits per heavy atom. The monoisotopic (exact) mass is 420 g/mol. The molecule has 31 heavy (non-hydrogen) atoms. The molecule has 0 bridgehead atoms. The first-order valence-corrected chi connectivity index (χ1v) is 11.1. The zero-order valence-electron chi connectivity index (χ0n) is 18.1. The van der Waals surface area contributed by atoms with Crippen molar-refractivity contribution >= 4 is 11.4 Å². The topological polar surface area (TPSA) is 62.1 Å². The summed E-state index contributed by atoms with van der Waals surface area (Å²) < 4.78 is 19.3. The summed E-state index contributed by atoms with van der Waals surface area (Å²) in [6.45, 7) is 6.18. The van der Waals surface area contributed by atoms with Crippen LogP contribution in [-0.2, 0) is 17.6 Å². The van der Waals surface area contributed by atoms with E-state index in [0.717, 1.165) is 60.7 Å². The molecule has 0 saturated carbocycles. The predicted octanol–water partition coefficient (Wildman–Crippen LogP) is 4.38. The number of pyridine rings is 1. The van der Waals surface area contributed by atoms with Gasteiger partial charge in [-0.05, 0) is 38.3 Å². The van der Waals surface area contributed by atoms with Crippen molar-refractivity contribution in [3.63, 3.8) is 0 Å². The van der Waals surface area contributed by atoms with E-state index in [1.54, 1.807) is 0 Å². The highest BCUT2D eigenvalue weighted by Gasteiger charge is 2.23. The molecule has 0 atom stereocenters. The molecule has 0 amide bonds. The van der Waals surface area contributed by atoms with Gasteiger partial charge in [0.25, 0.3) is 0 Å². The minimum absolute atomic E-state index is 0.00512. The number of fused-ring (bicyclic) bond motifs is 2. The van der Waals surface area contributed by atoms with E-state index in [9.17, 15) is 4.79 Å². The summed E-state index contributed by atoms with van der Waals surface area (Å²) in [5, 5.41) is 0. The van der Waals surface area contributed by atoms with Gasteiger partial charge in [0, 0.05) is 56.0 Å². The van der Waals surface area contributed by atoms with Crippen molar-refractivity contribution in [2.75, 3.05) is 19.8 Å². The van der Waals surface area contributed by atoms with Crippen LogP contribution in [0.3, 0.4) is 0 Å². The number of hydrogen-bond acceptors (Lipinski definition) is 5. The molecule has 3 aromatic rings. The molecule has 1 aromatic carbocycles. The van der Waals surface area contributed by atoms with E-state index in [4.69, 9.17) is 19.2 Å². The second-order valence-corrected chi connectivity index (χ2v) is 8.64. The van der Waals surface area contributed by atoms with E-state index in [2.05, 4.69) is 6.20 Å². The predicted molar refractivity (Wildman–Crippen MR) is 117 cm³/mol. The SMILES string of the molecule is CC(C)Oc1cc2nc(C3CCOCC3)cn2cc1CC(=O)c1cccc2c1OCC2. The molecule has 6 heteroatoms. The van der Waals surface area contributed by atoms with Crippen LogP contribution in [0.2, 0.25) is 0 Å². The lowest BCUT2D eigenvalue weighted by atomic mass is 9.97. The van der Waals surface area contributed by atoms with Crippen molar-refractivity contribution in [1.29, 1.82) is 0 Å². The largest absolute Gasteiger partial charge is 0.492 e. The smallest absolute Gasteiger partial charge is 0.171 e. The first-order valence-electron chi connectivity index (χ1n) is 11.1. The number of aromatic nitrogens is 2. The fourth-order valence-corrected chi connectivity index (χ4v) is 4.47. The molecular weight excluding hydrogens is 392 g/mol. The molecule has 4 heterocycles. The summed E-state index contributed by atoms with van der Waals surface area (Å²) in [4.78, 5) is 18.1. The Kier molecular flexibility index (Phi) is 5.40. The van der Waals surface area contributed by atoms with Crippen LogP contribution in [0.1, 0.15) is 59.8 Å². The Bertz CT molecular complexity index is 1110. The summed E-state index contributed by atoms with van der Waals surface area (Å²) in [5.74, 6) is 1.91. The number of ether oxygens (including phenoxy) is 3. The number of carbonyl (C=O) groups is 1. The minimum atomic E-state index is 0.00512. The average molecular weight is 421 g/mol. The van der Waals surface area contributed by atoms with Crippen LogP contribution in [0.15, 0.2) is 36.7 Å². The van der Waals surface area contributed by atoms with Crippen molar-refractivity contribution < 1.29 is 19.0 Å². The summed E-state index contributed by atoms with van der Waals surface area (Å²) in [6, 6.07) is 7.78. The molecule has 0 aliphatic carbocycles. The third-order valence-electron chi connectivity index (χ3n) is 6.02. The summed E-state index contributed by atoms with van der Waals surface area (Å²) in [7, 11) is 0. The summed E-state index contributed by atoms with van der Waals surface area (Å²) in [5.41, 5.74) is 4.54. The van der Waals surface area contributed by atoms with Crippen molar-refractivity contribution in [2.24, 2.45) is 0 Å². The van der Waals surface area contributed by atoms with E-state index in [0.29, 0.717) is 23.8 Å². The van der Waals surface area contributed by atoms with Gasteiger partial charge in [0.1, 0.15) is 17.1 Å². The molecule has 2 aliphatic heterocycles. The van der Waals surface area contributed by atoms with Crippen LogP contribution < -0.4 is 9.47 Å². The number of rotatable bonds is 6. The van der Waals surface area contributed by atoms with Gasteiger partial charge in [-0.15, -0.1) is 0 Å². The standard InChI is InChI=1S/C25H28N2O4/c1-16(2)31-23-13-24-26-21(17-6-9-29-10-7-17)15-27(24)14-19(23)12-22(28)20-5-3-4-18-8-11-30-25(18)20/h3-5,13-17H,6-12H2,1-2H3. The van der Waals surface area contributed by atoms with Gasteiger partial charge in [-0.3, -0.25) is 4.79 Å². The van der Waals surface area contributed by atoms with Crippen LogP contribution in [-0.4, -0.2) is 41.1 Å². The van der Waals surface area contributed by atoms with Gasteiger partial charge < -0.3 is 18.6 Å². The number of nitrogens with zero attached hydrogens (tertiary/aromatic N) is 2. The van der Waals surface area contributed by atoms with Gasteiger partial charge in [0.15, 0.2) is 5.78 Å². The van der Waals surface area contributed by atoms with Gasteiger partial charge in [0.2, 0.25) is 0 Å². The molecule has 1 saturated heterocycles. The molecule has 0 unspecified atom stereocenters. The highest BCUT2D eigenvalue weighted by molar-refractivity contribution is 6.00. The maximum Gasteiger partial charge on any atom is 0.171 e. The Balaban J connectivity index is 1.48. The van der Waals surface area contributed by atoms with E-state index in [1.807, 2.05) is 48.7 Å². The Morgan fingerprint density at radius 1 is 1.23 bits per heavy atom. The third-order valence-corrected chi connectivity index (χ3v) is 6.02. The normalized spacial score (nSPS) is 16.5. The number of ketones is 1. The van der Waals surface area contributed by atoms with E-state index in [-0.39, 0.29) is 18.3 Å².